The Balaban J connectivity index is 1.07. The molecule has 1 heterocycles. The van der Waals surface area contributed by atoms with Gasteiger partial charge in [-0.3, -0.25) is 0 Å². The number of ether oxygens (including phenoxy) is 1. The van der Waals surface area contributed by atoms with Gasteiger partial charge in [0.05, 0.1) is 5.41 Å². The molecule has 0 fully saturated rings. The fraction of sp³-hybridized carbons (Fsp3) is 0.129. The molecule has 0 N–H and O–H groups in total. The average Bonchev–Trinajstić information content (AvgIpc) is 3.74. The van der Waals surface area contributed by atoms with E-state index in [0.717, 1.165) is 39.7 Å². The van der Waals surface area contributed by atoms with E-state index in [0.29, 0.717) is 0 Å². The van der Waals surface area contributed by atoms with E-state index in [1.807, 2.05) is 0 Å². The highest BCUT2D eigenvalue weighted by Crippen LogP contribution is 2.62. The molecule has 1 spiro atoms. The number of benzene rings is 9. The number of nitrogens with zero attached hydrogens (tertiary/aromatic N) is 1. The molecule has 0 unspecified atom stereocenters. The van der Waals surface area contributed by atoms with Gasteiger partial charge >= 0.3 is 0 Å². The topological polar surface area (TPSA) is 12.5 Å². The minimum atomic E-state index is -0.542. The Bertz CT molecular complexity index is 3270. The Morgan fingerprint density at radius 1 is 0.359 bits per heavy atom. The van der Waals surface area contributed by atoms with Crippen molar-refractivity contribution in [2.75, 3.05) is 4.90 Å². The molecule has 9 aromatic carbocycles. The second kappa shape index (κ2) is 14.0. The van der Waals surface area contributed by atoms with E-state index >= 15 is 0 Å². The lowest BCUT2D eigenvalue weighted by Crippen LogP contribution is -2.32. The molecule has 3 aliphatic rings. The third-order valence-electron chi connectivity index (χ3n) is 14.3. The SMILES string of the molecule is CC(C)(C)c1cc(-c2ccc3c(c2)C2(c4ccccc4O3)c3ccccc3-c3ccccc32)cc(N(c2ccc(-c3ccccc3)cc2)c2ccc3c(c2)C(C)(C)c2ccccc2-3)c1. The maximum Gasteiger partial charge on any atom is 0.132 e. The van der Waals surface area contributed by atoms with E-state index in [-0.39, 0.29) is 10.8 Å². The van der Waals surface area contributed by atoms with Gasteiger partial charge in [0.15, 0.2) is 0 Å². The summed E-state index contributed by atoms with van der Waals surface area (Å²) in [5, 5.41) is 0. The fourth-order valence-electron chi connectivity index (χ4n) is 11.1. The van der Waals surface area contributed by atoms with Crippen molar-refractivity contribution in [1.29, 1.82) is 0 Å². The van der Waals surface area contributed by atoms with Crippen molar-refractivity contribution >= 4 is 17.1 Å². The summed E-state index contributed by atoms with van der Waals surface area (Å²) >= 11 is 0. The highest BCUT2D eigenvalue weighted by atomic mass is 16.5. The van der Waals surface area contributed by atoms with Crippen LogP contribution in [0.4, 0.5) is 17.1 Å². The Kier molecular flexibility index (Phi) is 8.40. The van der Waals surface area contributed by atoms with Crippen molar-refractivity contribution in [1.82, 2.24) is 0 Å². The predicted molar refractivity (Wildman–Crippen MR) is 266 cm³/mol. The summed E-state index contributed by atoms with van der Waals surface area (Å²) in [5.41, 5.74) is 21.4. The van der Waals surface area contributed by atoms with E-state index in [4.69, 9.17) is 4.74 Å². The van der Waals surface area contributed by atoms with Crippen LogP contribution in [0.1, 0.15) is 73.6 Å². The van der Waals surface area contributed by atoms with Crippen molar-refractivity contribution in [3.63, 3.8) is 0 Å². The molecule has 0 atom stereocenters. The Labute approximate surface area is 377 Å². The van der Waals surface area contributed by atoms with Crippen LogP contribution in [0.2, 0.25) is 0 Å². The van der Waals surface area contributed by atoms with Gasteiger partial charge in [-0.25, -0.2) is 0 Å². The van der Waals surface area contributed by atoms with E-state index in [2.05, 4.69) is 246 Å². The molecule has 1 aliphatic heterocycles. The monoisotopic (exact) mass is 823 g/mol. The second-order valence-electron chi connectivity index (χ2n) is 19.3. The first kappa shape index (κ1) is 38.3. The Hall–Kier alpha value is -7.42. The lowest BCUT2D eigenvalue weighted by molar-refractivity contribution is 0.436. The molecule has 12 rings (SSSR count). The molecule has 308 valence electrons. The largest absolute Gasteiger partial charge is 0.457 e. The molecule has 0 amide bonds. The van der Waals surface area contributed by atoms with Crippen molar-refractivity contribution in [3.05, 3.63) is 245 Å². The molecule has 0 radical (unpaired) electrons. The standard InChI is InChI=1S/C62H49NO/c1-60(2,3)44-35-43(42-29-34-59-57(37-42)62(55-25-15-16-26-58(55)64-59)53-23-13-10-20-49(53)50-21-11-14-24-54(50)62)36-47(38-44)63(45-30-27-41(28-31-45)40-17-7-6-8-18-40)46-32-33-51-48-19-9-12-22-52(48)61(4,5)56(51)39-46/h6-39H,1-5H3. The van der Waals surface area contributed by atoms with Crippen LogP contribution < -0.4 is 9.64 Å². The molecule has 2 nitrogen and oxygen atoms in total. The van der Waals surface area contributed by atoms with Crippen LogP contribution in [0.25, 0.3) is 44.5 Å². The lowest BCUT2D eigenvalue weighted by Gasteiger charge is -2.39. The van der Waals surface area contributed by atoms with Crippen LogP contribution in [-0.4, -0.2) is 0 Å². The third kappa shape index (κ3) is 5.65. The van der Waals surface area contributed by atoms with Gasteiger partial charge < -0.3 is 9.64 Å². The number of rotatable bonds is 5. The number of fused-ring (bicyclic) bond motifs is 12. The van der Waals surface area contributed by atoms with Gasteiger partial charge in [0.25, 0.3) is 0 Å². The highest BCUT2D eigenvalue weighted by Gasteiger charge is 2.51. The summed E-state index contributed by atoms with van der Waals surface area (Å²) in [6.07, 6.45) is 0. The van der Waals surface area contributed by atoms with E-state index in [1.165, 1.54) is 72.3 Å². The number of hydrogen-bond donors (Lipinski definition) is 0. The highest BCUT2D eigenvalue weighted by molar-refractivity contribution is 5.91. The summed E-state index contributed by atoms with van der Waals surface area (Å²) in [6, 6.07) is 76.4. The van der Waals surface area contributed by atoms with Crippen LogP contribution in [0.5, 0.6) is 11.5 Å². The van der Waals surface area contributed by atoms with Gasteiger partial charge in [0.2, 0.25) is 0 Å². The first-order chi connectivity index (χ1) is 31.1. The van der Waals surface area contributed by atoms with Gasteiger partial charge in [-0.2, -0.15) is 0 Å². The number of para-hydroxylation sites is 1. The molecule has 64 heavy (non-hydrogen) atoms. The minimum Gasteiger partial charge on any atom is -0.457 e. The zero-order valence-electron chi connectivity index (χ0n) is 37.0. The van der Waals surface area contributed by atoms with Crippen molar-refractivity contribution in [3.8, 4) is 56.0 Å². The third-order valence-corrected chi connectivity index (χ3v) is 14.3. The van der Waals surface area contributed by atoms with E-state index in [9.17, 15) is 0 Å². The Morgan fingerprint density at radius 3 is 1.58 bits per heavy atom. The van der Waals surface area contributed by atoms with Crippen LogP contribution >= 0.6 is 0 Å². The van der Waals surface area contributed by atoms with Crippen molar-refractivity contribution in [2.24, 2.45) is 0 Å². The quantitative estimate of drug-likeness (QED) is 0.171. The molecular weight excluding hydrogens is 775 g/mol. The van der Waals surface area contributed by atoms with Crippen LogP contribution in [0.15, 0.2) is 206 Å². The Morgan fingerprint density at radius 2 is 0.891 bits per heavy atom. The molecule has 2 aliphatic carbocycles. The molecule has 0 aromatic heterocycles. The molecule has 0 saturated heterocycles. The molecule has 2 heteroatoms. The zero-order valence-corrected chi connectivity index (χ0v) is 37.0. The number of hydrogen-bond acceptors (Lipinski definition) is 2. The summed E-state index contributed by atoms with van der Waals surface area (Å²) in [4.78, 5) is 2.47. The first-order valence-corrected chi connectivity index (χ1v) is 22.6. The fourth-order valence-corrected chi connectivity index (χ4v) is 11.1. The summed E-state index contributed by atoms with van der Waals surface area (Å²) in [6.45, 7) is 11.7. The molecule has 0 bridgehead atoms. The van der Waals surface area contributed by atoms with Gasteiger partial charge in [0.1, 0.15) is 11.5 Å². The van der Waals surface area contributed by atoms with Gasteiger partial charge in [-0.15, -0.1) is 0 Å². The number of anilines is 3. The zero-order chi connectivity index (χ0) is 43.4. The summed E-state index contributed by atoms with van der Waals surface area (Å²) in [7, 11) is 0. The van der Waals surface area contributed by atoms with Crippen molar-refractivity contribution in [2.45, 2.75) is 50.9 Å². The summed E-state index contributed by atoms with van der Waals surface area (Å²) < 4.78 is 6.85. The van der Waals surface area contributed by atoms with E-state index < -0.39 is 5.41 Å². The van der Waals surface area contributed by atoms with Crippen molar-refractivity contribution < 1.29 is 4.74 Å². The second-order valence-corrected chi connectivity index (χ2v) is 19.3. The molecule has 0 saturated carbocycles. The first-order valence-electron chi connectivity index (χ1n) is 22.6. The maximum atomic E-state index is 6.85. The maximum absolute atomic E-state index is 6.85. The average molecular weight is 824 g/mol. The smallest absolute Gasteiger partial charge is 0.132 e. The van der Waals surface area contributed by atoms with E-state index in [1.54, 1.807) is 0 Å². The summed E-state index contributed by atoms with van der Waals surface area (Å²) in [5.74, 6) is 1.80. The normalized spacial score (nSPS) is 14.4. The molecular formula is C62H49NO. The van der Waals surface area contributed by atoms with Gasteiger partial charge in [-0.05, 0) is 132 Å². The van der Waals surface area contributed by atoms with Crippen LogP contribution in [0, 0.1) is 0 Å². The van der Waals surface area contributed by atoms with Gasteiger partial charge in [-0.1, -0.05) is 186 Å². The minimum absolute atomic E-state index is 0.129. The molecule has 9 aromatic rings. The van der Waals surface area contributed by atoms with Gasteiger partial charge in [0, 0.05) is 33.6 Å². The predicted octanol–water partition coefficient (Wildman–Crippen LogP) is 16.6. The lowest BCUT2D eigenvalue weighted by atomic mass is 9.65. The van der Waals surface area contributed by atoms with Crippen LogP contribution in [0.3, 0.4) is 0 Å². The van der Waals surface area contributed by atoms with Crippen LogP contribution in [-0.2, 0) is 16.2 Å².